The number of hydrogen-bond donors (Lipinski definition) is 1. The zero-order chi connectivity index (χ0) is 18.4. The van der Waals surface area contributed by atoms with Crippen molar-refractivity contribution in [1.82, 2.24) is 10.2 Å². The predicted octanol–water partition coefficient (Wildman–Crippen LogP) is 3.19. The highest BCUT2D eigenvalue weighted by atomic mass is 127. The largest absolute Gasteiger partial charge is 0.484 e. The van der Waals surface area contributed by atoms with Gasteiger partial charge in [-0.15, -0.1) is 0 Å². The molecule has 0 unspecified atom stereocenters. The van der Waals surface area contributed by atoms with Crippen molar-refractivity contribution in [2.75, 3.05) is 19.7 Å². The van der Waals surface area contributed by atoms with E-state index in [0.717, 1.165) is 3.57 Å². The third kappa shape index (κ3) is 7.09. The van der Waals surface area contributed by atoms with Gasteiger partial charge in [0.1, 0.15) is 11.4 Å². The minimum atomic E-state index is -0.506. The molecule has 0 spiro atoms. The quantitative estimate of drug-likeness (QED) is 0.702. The smallest absolute Gasteiger partial charge is 0.407 e. The van der Waals surface area contributed by atoms with Gasteiger partial charge in [-0.25, -0.2) is 4.79 Å². The lowest BCUT2D eigenvalue weighted by molar-refractivity contribution is -0.134. The molecular weight excluding hydrogens is 435 g/mol. The molecule has 1 aromatic rings. The van der Waals surface area contributed by atoms with Crippen LogP contribution >= 0.6 is 22.6 Å². The second-order valence-electron chi connectivity index (χ2n) is 7.04. The van der Waals surface area contributed by atoms with E-state index in [1.165, 1.54) is 0 Å². The van der Waals surface area contributed by atoms with Crippen molar-refractivity contribution in [3.05, 3.63) is 27.8 Å². The Morgan fingerprint density at radius 3 is 2.36 bits per heavy atom. The van der Waals surface area contributed by atoms with Gasteiger partial charge in [-0.1, -0.05) is 0 Å². The van der Waals surface area contributed by atoms with Gasteiger partial charge >= 0.3 is 6.09 Å². The second-order valence-corrected chi connectivity index (χ2v) is 8.29. The topological polar surface area (TPSA) is 67.9 Å². The number of rotatable bonds is 4. The predicted molar refractivity (Wildman–Crippen MR) is 104 cm³/mol. The fourth-order valence-corrected chi connectivity index (χ4v) is 2.87. The van der Waals surface area contributed by atoms with Gasteiger partial charge in [-0.05, 0) is 80.5 Å². The number of piperidine rings is 1. The van der Waals surface area contributed by atoms with Crippen LogP contribution in [0.3, 0.4) is 0 Å². The summed E-state index contributed by atoms with van der Waals surface area (Å²) in [5, 5.41) is 2.87. The molecule has 1 aliphatic rings. The number of carbonyl (C=O) groups excluding carboxylic acids is 2. The van der Waals surface area contributed by atoms with Crippen LogP contribution in [0.2, 0.25) is 0 Å². The van der Waals surface area contributed by atoms with E-state index in [-0.39, 0.29) is 18.6 Å². The van der Waals surface area contributed by atoms with Gasteiger partial charge in [0.2, 0.25) is 0 Å². The number of nitrogens with zero attached hydrogens (tertiary/aromatic N) is 1. The maximum Gasteiger partial charge on any atom is 0.407 e. The summed E-state index contributed by atoms with van der Waals surface area (Å²) in [7, 11) is 0. The number of amides is 2. The molecule has 138 valence electrons. The number of likely N-dealkylation sites (tertiary alicyclic amines) is 1. The van der Waals surface area contributed by atoms with E-state index in [0.29, 0.717) is 31.7 Å². The van der Waals surface area contributed by atoms with Crippen LogP contribution in [-0.2, 0) is 9.53 Å². The van der Waals surface area contributed by atoms with Gasteiger partial charge in [0.05, 0.1) is 0 Å². The highest BCUT2D eigenvalue weighted by Crippen LogP contribution is 2.15. The average molecular weight is 460 g/mol. The van der Waals surface area contributed by atoms with E-state index in [9.17, 15) is 9.59 Å². The Kier molecular flexibility index (Phi) is 6.92. The molecule has 1 N–H and O–H groups in total. The minimum Gasteiger partial charge on any atom is -0.484 e. The third-order valence-electron chi connectivity index (χ3n) is 3.74. The van der Waals surface area contributed by atoms with Gasteiger partial charge < -0.3 is 19.7 Å². The number of benzene rings is 1. The van der Waals surface area contributed by atoms with Crippen molar-refractivity contribution in [3.63, 3.8) is 0 Å². The van der Waals surface area contributed by atoms with Gasteiger partial charge in [0.25, 0.3) is 5.91 Å². The number of alkyl carbamates (subject to hydrolysis) is 1. The van der Waals surface area contributed by atoms with Crippen LogP contribution in [0, 0.1) is 3.57 Å². The van der Waals surface area contributed by atoms with E-state index >= 15 is 0 Å². The molecule has 1 saturated heterocycles. The zero-order valence-corrected chi connectivity index (χ0v) is 17.0. The first-order valence-electron chi connectivity index (χ1n) is 8.38. The first-order chi connectivity index (χ1) is 11.7. The fourth-order valence-electron chi connectivity index (χ4n) is 2.51. The minimum absolute atomic E-state index is 0.0325. The molecule has 2 amide bonds. The summed E-state index contributed by atoms with van der Waals surface area (Å²) >= 11 is 2.22. The summed E-state index contributed by atoms with van der Waals surface area (Å²) in [5.41, 5.74) is -0.506. The van der Waals surface area contributed by atoms with E-state index in [1.807, 2.05) is 45.0 Å². The molecule has 7 heteroatoms. The second kappa shape index (κ2) is 8.73. The molecule has 0 aliphatic carbocycles. The molecule has 1 aliphatic heterocycles. The molecule has 0 atom stereocenters. The highest BCUT2D eigenvalue weighted by molar-refractivity contribution is 14.1. The van der Waals surface area contributed by atoms with Crippen molar-refractivity contribution in [3.8, 4) is 5.75 Å². The zero-order valence-electron chi connectivity index (χ0n) is 14.9. The number of nitrogens with one attached hydrogen (secondary N) is 1. The Bertz CT molecular complexity index is 590. The van der Waals surface area contributed by atoms with E-state index in [1.54, 1.807) is 4.90 Å². The Balaban J connectivity index is 1.71. The molecule has 25 heavy (non-hydrogen) atoms. The number of hydrogen-bond acceptors (Lipinski definition) is 4. The van der Waals surface area contributed by atoms with Gasteiger partial charge in [0.15, 0.2) is 6.61 Å². The molecule has 0 saturated carbocycles. The third-order valence-corrected chi connectivity index (χ3v) is 4.46. The van der Waals surface area contributed by atoms with Crippen LogP contribution < -0.4 is 10.1 Å². The molecule has 1 heterocycles. The van der Waals surface area contributed by atoms with Gasteiger partial charge in [-0.2, -0.15) is 0 Å². The summed E-state index contributed by atoms with van der Waals surface area (Å²) < 4.78 is 11.9. The number of ether oxygens (including phenoxy) is 2. The lowest BCUT2D eigenvalue weighted by Gasteiger charge is -2.32. The molecule has 6 nitrogen and oxygen atoms in total. The number of carbonyl (C=O) groups is 2. The van der Waals surface area contributed by atoms with Crippen LogP contribution in [0.1, 0.15) is 33.6 Å². The first kappa shape index (κ1) is 19.8. The molecular formula is C18H25IN2O4. The Hall–Kier alpha value is -1.51. The van der Waals surface area contributed by atoms with Gasteiger partial charge in [-0.3, -0.25) is 4.79 Å². The van der Waals surface area contributed by atoms with Crippen molar-refractivity contribution in [2.45, 2.75) is 45.3 Å². The van der Waals surface area contributed by atoms with Crippen LogP contribution in [0.25, 0.3) is 0 Å². The lowest BCUT2D eigenvalue weighted by Crippen LogP contribution is -2.48. The molecule has 0 aromatic heterocycles. The van der Waals surface area contributed by atoms with Crippen molar-refractivity contribution >= 4 is 34.6 Å². The normalized spacial score (nSPS) is 15.6. The average Bonchev–Trinajstić information content (AvgIpc) is 2.53. The summed E-state index contributed by atoms with van der Waals surface area (Å²) in [6, 6.07) is 7.62. The van der Waals surface area contributed by atoms with Crippen molar-refractivity contribution in [1.29, 1.82) is 0 Å². The summed E-state index contributed by atoms with van der Waals surface area (Å²) in [6.45, 7) is 6.75. The Morgan fingerprint density at radius 1 is 1.20 bits per heavy atom. The van der Waals surface area contributed by atoms with E-state index < -0.39 is 11.7 Å². The first-order valence-corrected chi connectivity index (χ1v) is 9.46. The summed E-state index contributed by atoms with van der Waals surface area (Å²) in [6.07, 6.45) is 1.03. The summed E-state index contributed by atoms with van der Waals surface area (Å²) in [5.74, 6) is 0.657. The highest BCUT2D eigenvalue weighted by Gasteiger charge is 2.25. The Morgan fingerprint density at radius 2 is 1.80 bits per heavy atom. The maximum absolute atomic E-state index is 12.2. The van der Waals surface area contributed by atoms with Crippen LogP contribution in [0.15, 0.2) is 24.3 Å². The molecule has 1 fully saturated rings. The summed E-state index contributed by atoms with van der Waals surface area (Å²) in [4.78, 5) is 25.8. The monoisotopic (exact) mass is 460 g/mol. The fraction of sp³-hybridized carbons (Fsp3) is 0.556. The molecule has 2 rings (SSSR count). The van der Waals surface area contributed by atoms with Crippen LogP contribution in [0.4, 0.5) is 4.79 Å². The molecule has 0 radical (unpaired) electrons. The van der Waals surface area contributed by atoms with Crippen molar-refractivity contribution in [2.24, 2.45) is 0 Å². The van der Waals surface area contributed by atoms with E-state index in [4.69, 9.17) is 9.47 Å². The van der Waals surface area contributed by atoms with Crippen LogP contribution in [0.5, 0.6) is 5.75 Å². The number of halogens is 1. The standard InChI is InChI=1S/C18H25IN2O4/c1-18(2,3)25-17(23)20-14-8-10-21(11-9-14)16(22)12-24-15-6-4-13(19)5-7-15/h4-7,14H,8-12H2,1-3H3,(H,20,23). The lowest BCUT2D eigenvalue weighted by atomic mass is 10.1. The maximum atomic E-state index is 12.2. The SMILES string of the molecule is CC(C)(C)OC(=O)NC1CCN(C(=O)COc2ccc(I)cc2)CC1. The molecule has 1 aromatic carbocycles. The van der Waals surface area contributed by atoms with Crippen LogP contribution in [-0.4, -0.2) is 48.2 Å². The molecule has 0 bridgehead atoms. The van der Waals surface area contributed by atoms with Crippen molar-refractivity contribution < 1.29 is 19.1 Å². The Labute approximate surface area is 162 Å². The van der Waals surface area contributed by atoms with Gasteiger partial charge in [0, 0.05) is 22.7 Å². The van der Waals surface area contributed by atoms with E-state index in [2.05, 4.69) is 27.9 Å².